The fourth-order valence-corrected chi connectivity index (χ4v) is 1.97. The molecule has 12 heavy (non-hydrogen) atoms. The maximum absolute atomic E-state index is 5.31. The molecular formula is C9H18N2O. The molecule has 2 rings (SSSR count). The fourth-order valence-electron chi connectivity index (χ4n) is 1.97. The first-order valence-corrected chi connectivity index (χ1v) is 4.87. The molecule has 0 spiro atoms. The SMILES string of the molecule is COC1CCN(CC2CCN2)C1. The average Bonchev–Trinajstić information content (AvgIpc) is 2.44. The molecule has 0 aromatic carbocycles. The molecule has 3 nitrogen and oxygen atoms in total. The van der Waals surface area contributed by atoms with Crippen LogP contribution in [0.3, 0.4) is 0 Å². The van der Waals surface area contributed by atoms with Crippen LogP contribution in [0.25, 0.3) is 0 Å². The van der Waals surface area contributed by atoms with Gasteiger partial charge in [0.15, 0.2) is 0 Å². The predicted octanol–water partition coefficient (Wildman–Crippen LogP) is 0.0690. The smallest absolute Gasteiger partial charge is 0.0710 e. The van der Waals surface area contributed by atoms with Crippen molar-refractivity contribution in [3.8, 4) is 0 Å². The topological polar surface area (TPSA) is 24.5 Å². The van der Waals surface area contributed by atoms with E-state index in [4.69, 9.17) is 4.74 Å². The van der Waals surface area contributed by atoms with Crippen LogP contribution in [0.15, 0.2) is 0 Å². The molecule has 2 aliphatic heterocycles. The van der Waals surface area contributed by atoms with E-state index in [1.165, 1.54) is 32.5 Å². The second kappa shape index (κ2) is 3.73. The maximum atomic E-state index is 5.31. The summed E-state index contributed by atoms with van der Waals surface area (Å²) in [5.74, 6) is 0. The number of methoxy groups -OCH3 is 1. The monoisotopic (exact) mass is 170 g/mol. The summed E-state index contributed by atoms with van der Waals surface area (Å²) in [6, 6.07) is 0.764. The van der Waals surface area contributed by atoms with Gasteiger partial charge < -0.3 is 10.1 Å². The number of hydrogen-bond acceptors (Lipinski definition) is 3. The largest absolute Gasteiger partial charge is 0.380 e. The number of rotatable bonds is 3. The second-order valence-electron chi connectivity index (χ2n) is 3.85. The van der Waals surface area contributed by atoms with Gasteiger partial charge in [0, 0.05) is 32.8 Å². The molecule has 0 bridgehead atoms. The molecule has 2 saturated heterocycles. The van der Waals surface area contributed by atoms with Gasteiger partial charge in [-0.2, -0.15) is 0 Å². The van der Waals surface area contributed by atoms with Gasteiger partial charge in [0.25, 0.3) is 0 Å². The summed E-state index contributed by atoms with van der Waals surface area (Å²) < 4.78 is 5.31. The van der Waals surface area contributed by atoms with Crippen LogP contribution in [-0.4, -0.2) is 50.3 Å². The van der Waals surface area contributed by atoms with Gasteiger partial charge in [-0.05, 0) is 19.4 Å². The minimum Gasteiger partial charge on any atom is -0.380 e. The highest BCUT2D eigenvalue weighted by atomic mass is 16.5. The molecule has 2 fully saturated rings. The molecule has 2 aliphatic rings. The summed E-state index contributed by atoms with van der Waals surface area (Å²) in [6.07, 6.45) is 3.06. The first kappa shape index (κ1) is 8.48. The van der Waals surface area contributed by atoms with Crippen molar-refractivity contribution in [1.82, 2.24) is 10.2 Å². The van der Waals surface area contributed by atoms with Crippen LogP contribution >= 0.6 is 0 Å². The van der Waals surface area contributed by atoms with Crippen LogP contribution in [-0.2, 0) is 4.74 Å². The van der Waals surface area contributed by atoms with Crippen LogP contribution in [0.1, 0.15) is 12.8 Å². The fraction of sp³-hybridized carbons (Fsp3) is 1.00. The number of nitrogens with one attached hydrogen (secondary N) is 1. The zero-order chi connectivity index (χ0) is 8.39. The van der Waals surface area contributed by atoms with Crippen molar-refractivity contribution >= 4 is 0 Å². The van der Waals surface area contributed by atoms with E-state index in [1.807, 2.05) is 7.11 Å². The van der Waals surface area contributed by atoms with Gasteiger partial charge in [-0.3, -0.25) is 4.90 Å². The summed E-state index contributed by atoms with van der Waals surface area (Å²) in [4.78, 5) is 2.50. The minimum atomic E-state index is 0.491. The van der Waals surface area contributed by atoms with E-state index in [0.29, 0.717) is 6.10 Å². The van der Waals surface area contributed by atoms with Crippen LogP contribution < -0.4 is 5.32 Å². The molecule has 0 saturated carbocycles. The Balaban J connectivity index is 1.68. The zero-order valence-corrected chi connectivity index (χ0v) is 7.75. The van der Waals surface area contributed by atoms with E-state index in [-0.39, 0.29) is 0 Å². The van der Waals surface area contributed by atoms with Crippen molar-refractivity contribution in [1.29, 1.82) is 0 Å². The van der Waals surface area contributed by atoms with Crippen molar-refractivity contribution in [2.24, 2.45) is 0 Å². The normalized spacial score (nSPS) is 36.8. The second-order valence-corrected chi connectivity index (χ2v) is 3.85. The lowest BCUT2D eigenvalue weighted by Gasteiger charge is -2.31. The van der Waals surface area contributed by atoms with Gasteiger partial charge in [-0.1, -0.05) is 0 Å². The maximum Gasteiger partial charge on any atom is 0.0710 e. The molecule has 2 heterocycles. The molecule has 0 aromatic heterocycles. The third kappa shape index (κ3) is 1.79. The highest BCUT2D eigenvalue weighted by Gasteiger charge is 2.26. The van der Waals surface area contributed by atoms with Crippen molar-refractivity contribution in [3.63, 3.8) is 0 Å². The highest BCUT2D eigenvalue weighted by Crippen LogP contribution is 2.14. The lowest BCUT2D eigenvalue weighted by atomic mass is 10.1. The van der Waals surface area contributed by atoms with Gasteiger partial charge in [-0.15, -0.1) is 0 Å². The van der Waals surface area contributed by atoms with Crippen LogP contribution in [0.4, 0.5) is 0 Å². The van der Waals surface area contributed by atoms with Crippen molar-refractivity contribution in [2.45, 2.75) is 25.0 Å². The molecule has 1 N–H and O–H groups in total. The van der Waals surface area contributed by atoms with E-state index < -0.39 is 0 Å². The first-order valence-electron chi connectivity index (χ1n) is 4.87. The van der Waals surface area contributed by atoms with E-state index in [1.54, 1.807) is 0 Å². The van der Waals surface area contributed by atoms with E-state index in [0.717, 1.165) is 12.6 Å². The van der Waals surface area contributed by atoms with Crippen LogP contribution in [0.2, 0.25) is 0 Å². The Hall–Kier alpha value is -0.120. The van der Waals surface area contributed by atoms with Gasteiger partial charge in [0.05, 0.1) is 6.10 Å². The summed E-state index contributed by atoms with van der Waals surface area (Å²) in [6.45, 7) is 4.79. The first-order chi connectivity index (χ1) is 5.88. The molecule has 0 aliphatic carbocycles. The van der Waals surface area contributed by atoms with Crippen LogP contribution in [0, 0.1) is 0 Å². The Morgan fingerprint density at radius 2 is 2.33 bits per heavy atom. The van der Waals surface area contributed by atoms with Gasteiger partial charge in [0.1, 0.15) is 0 Å². The average molecular weight is 170 g/mol. The quantitative estimate of drug-likeness (QED) is 0.648. The Bertz CT molecular complexity index is 147. The Morgan fingerprint density at radius 3 is 2.83 bits per heavy atom. The molecule has 70 valence electrons. The Morgan fingerprint density at radius 1 is 1.50 bits per heavy atom. The number of likely N-dealkylation sites (tertiary alicyclic amines) is 1. The van der Waals surface area contributed by atoms with E-state index in [9.17, 15) is 0 Å². The Labute approximate surface area is 74.1 Å². The summed E-state index contributed by atoms with van der Waals surface area (Å²) >= 11 is 0. The van der Waals surface area contributed by atoms with Gasteiger partial charge in [0.2, 0.25) is 0 Å². The van der Waals surface area contributed by atoms with Crippen molar-refractivity contribution < 1.29 is 4.74 Å². The Kier molecular flexibility index (Phi) is 2.63. The molecule has 3 heteroatoms. The molecule has 0 aromatic rings. The molecule has 2 atom stereocenters. The third-order valence-electron chi connectivity index (χ3n) is 2.97. The van der Waals surface area contributed by atoms with Crippen molar-refractivity contribution in [3.05, 3.63) is 0 Å². The minimum absolute atomic E-state index is 0.491. The molecule has 0 radical (unpaired) electrons. The number of nitrogens with zero attached hydrogens (tertiary/aromatic N) is 1. The van der Waals surface area contributed by atoms with Crippen molar-refractivity contribution in [2.75, 3.05) is 33.3 Å². The summed E-state index contributed by atoms with van der Waals surface area (Å²) in [5, 5.41) is 3.42. The molecule has 2 unspecified atom stereocenters. The zero-order valence-electron chi connectivity index (χ0n) is 7.75. The lowest BCUT2D eigenvalue weighted by Crippen LogP contribution is -2.49. The highest BCUT2D eigenvalue weighted by molar-refractivity contribution is 4.84. The number of ether oxygens (including phenoxy) is 1. The van der Waals surface area contributed by atoms with E-state index in [2.05, 4.69) is 10.2 Å². The summed E-state index contributed by atoms with van der Waals surface area (Å²) in [7, 11) is 1.82. The van der Waals surface area contributed by atoms with E-state index >= 15 is 0 Å². The van der Waals surface area contributed by atoms with Gasteiger partial charge in [-0.25, -0.2) is 0 Å². The lowest BCUT2D eigenvalue weighted by molar-refractivity contribution is 0.105. The number of hydrogen-bond donors (Lipinski definition) is 1. The summed E-state index contributed by atoms with van der Waals surface area (Å²) in [5.41, 5.74) is 0. The van der Waals surface area contributed by atoms with Gasteiger partial charge >= 0.3 is 0 Å². The third-order valence-corrected chi connectivity index (χ3v) is 2.97. The molecule has 0 amide bonds. The molecular weight excluding hydrogens is 152 g/mol. The van der Waals surface area contributed by atoms with Crippen LogP contribution in [0.5, 0.6) is 0 Å². The standard InChI is InChI=1S/C9H18N2O/c1-12-9-3-5-11(7-9)6-8-2-4-10-8/h8-10H,2-7H2,1H3. The predicted molar refractivity (Wildman–Crippen MR) is 48.3 cm³/mol.